The Morgan fingerprint density at radius 3 is 2.33 bits per heavy atom. The van der Waals surface area contributed by atoms with Gasteiger partial charge in [-0.15, -0.1) is 0 Å². The van der Waals surface area contributed by atoms with Crippen LogP contribution in [0, 0.1) is 24.4 Å². The quantitative estimate of drug-likeness (QED) is 0.618. The second kappa shape index (κ2) is 4.82. The molecule has 0 atom stereocenters. The third-order valence-electron chi connectivity index (χ3n) is 2.55. The Morgan fingerprint density at radius 2 is 1.67 bits per heavy atom. The molecule has 0 fully saturated rings. The summed E-state index contributed by atoms with van der Waals surface area (Å²) in [5.74, 6) is -2.44. The standard InChI is InChI=1S/C13H7Cl2F3/c1-6-2-3-9(14)11(13(6)18)8-4-7(16)5-10(17)12(8)15/h2-5H,1H3. The topological polar surface area (TPSA) is 0 Å². The number of halogens is 5. The van der Waals surface area contributed by atoms with Gasteiger partial charge in [-0.05, 0) is 24.6 Å². The van der Waals surface area contributed by atoms with Crippen LogP contribution in [-0.4, -0.2) is 0 Å². The summed E-state index contributed by atoms with van der Waals surface area (Å²) >= 11 is 11.6. The molecule has 18 heavy (non-hydrogen) atoms. The summed E-state index contributed by atoms with van der Waals surface area (Å²) < 4.78 is 40.5. The van der Waals surface area contributed by atoms with E-state index in [9.17, 15) is 13.2 Å². The predicted molar refractivity (Wildman–Crippen MR) is 66.5 cm³/mol. The Labute approximate surface area is 112 Å². The molecule has 5 heteroatoms. The SMILES string of the molecule is Cc1ccc(Cl)c(-c2cc(F)cc(F)c2Cl)c1F. The van der Waals surface area contributed by atoms with Crippen molar-refractivity contribution in [1.82, 2.24) is 0 Å². The fourth-order valence-electron chi connectivity index (χ4n) is 1.64. The van der Waals surface area contributed by atoms with Crippen molar-refractivity contribution in [2.45, 2.75) is 6.92 Å². The van der Waals surface area contributed by atoms with Gasteiger partial charge in [-0.1, -0.05) is 29.3 Å². The van der Waals surface area contributed by atoms with E-state index in [1.54, 1.807) is 0 Å². The molecule has 0 saturated carbocycles. The van der Waals surface area contributed by atoms with Gasteiger partial charge in [0, 0.05) is 17.2 Å². The number of hydrogen-bond donors (Lipinski definition) is 0. The van der Waals surface area contributed by atoms with Crippen LogP contribution in [-0.2, 0) is 0 Å². The lowest BCUT2D eigenvalue weighted by Crippen LogP contribution is -1.94. The molecule has 0 aliphatic carbocycles. The molecule has 2 aromatic carbocycles. The van der Waals surface area contributed by atoms with E-state index in [1.807, 2.05) is 0 Å². The lowest BCUT2D eigenvalue weighted by molar-refractivity contribution is 0.583. The molecule has 0 unspecified atom stereocenters. The zero-order valence-corrected chi connectivity index (χ0v) is 10.7. The molecule has 0 heterocycles. The molecule has 94 valence electrons. The highest BCUT2D eigenvalue weighted by Crippen LogP contribution is 2.38. The molecule has 0 aromatic heterocycles. The van der Waals surface area contributed by atoms with Crippen LogP contribution in [0.25, 0.3) is 11.1 Å². The predicted octanol–water partition coefficient (Wildman–Crippen LogP) is 5.39. The number of rotatable bonds is 1. The molecule has 0 aliphatic rings. The van der Waals surface area contributed by atoms with Crippen LogP contribution in [0.5, 0.6) is 0 Å². The first-order chi connectivity index (χ1) is 8.41. The van der Waals surface area contributed by atoms with Gasteiger partial charge in [-0.3, -0.25) is 0 Å². The smallest absolute Gasteiger partial charge is 0.145 e. The van der Waals surface area contributed by atoms with Gasteiger partial charge < -0.3 is 0 Å². The van der Waals surface area contributed by atoms with Crippen LogP contribution in [0.1, 0.15) is 5.56 Å². The van der Waals surface area contributed by atoms with Crippen LogP contribution in [0.15, 0.2) is 24.3 Å². The van der Waals surface area contributed by atoms with Crippen molar-refractivity contribution in [2.75, 3.05) is 0 Å². The molecule has 0 saturated heterocycles. The fourth-order valence-corrected chi connectivity index (χ4v) is 2.09. The number of hydrogen-bond acceptors (Lipinski definition) is 0. The highest BCUT2D eigenvalue weighted by atomic mass is 35.5. The average Bonchev–Trinajstić information content (AvgIpc) is 2.30. The van der Waals surface area contributed by atoms with E-state index in [-0.39, 0.29) is 21.2 Å². The molecule has 0 amide bonds. The van der Waals surface area contributed by atoms with Crippen molar-refractivity contribution in [2.24, 2.45) is 0 Å². The van der Waals surface area contributed by atoms with Crippen molar-refractivity contribution in [3.63, 3.8) is 0 Å². The third-order valence-corrected chi connectivity index (χ3v) is 3.25. The van der Waals surface area contributed by atoms with Gasteiger partial charge >= 0.3 is 0 Å². The van der Waals surface area contributed by atoms with E-state index in [4.69, 9.17) is 23.2 Å². The zero-order valence-electron chi connectivity index (χ0n) is 9.20. The number of aryl methyl sites for hydroxylation is 1. The van der Waals surface area contributed by atoms with Gasteiger partial charge in [-0.25, -0.2) is 13.2 Å². The van der Waals surface area contributed by atoms with Crippen LogP contribution in [0.2, 0.25) is 10.0 Å². The minimum absolute atomic E-state index is 0.0463. The summed E-state index contributed by atoms with van der Waals surface area (Å²) in [6, 6.07) is 4.52. The van der Waals surface area contributed by atoms with E-state index >= 15 is 0 Å². The first-order valence-electron chi connectivity index (χ1n) is 5.01. The van der Waals surface area contributed by atoms with E-state index in [0.717, 1.165) is 6.07 Å². The van der Waals surface area contributed by atoms with Crippen LogP contribution in [0.4, 0.5) is 13.2 Å². The minimum atomic E-state index is -0.955. The lowest BCUT2D eigenvalue weighted by atomic mass is 10.0. The summed E-state index contributed by atoms with van der Waals surface area (Å²) in [4.78, 5) is 0. The molecule has 0 aliphatic heterocycles. The van der Waals surface area contributed by atoms with Crippen LogP contribution >= 0.6 is 23.2 Å². The highest BCUT2D eigenvalue weighted by molar-refractivity contribution is 6.36. The fraction of sp³-hybridized carbons (Fsp3) is 0.0769. The Bertz CT molecular complexity index is 624. The summed E-state index contributed by atoms with van der Waals surface area (Å²) in [7, 11) is 0. The van der Waals surface area contributed by atoms with Crippen molar-refractivity contribution in [3.8, 4) is 11.1 Å². The van der Waals surface area contributed by atoms with Gasteiger partial charge in [0.1, 0.15) is 17.5 Å². The van der Waals surface area contributed by atoms with Crippen molar-refractivity contribution in [3.05, 3.63) is 57.3 Å². The van der Waals surface area contributed by atoms with Crippen molar-refractivity contribution >= 4 is 23.2 Å². The summed E-state index contributed by atoms with van der Waals surface area (Å²) in [5.41, 5.74) is 0.121. The largest absolute Gasteiger partial charge is 0.207 e. The average molecular weight is 291 g/mol. The van der Waals surface area contributed by atoms with E-state index in [0.29, 0.717) is 11.6 Å². The Hall–Kier alpha value is -1.19. The van der Waals surface area contributed by atoms with Crippen LogP contribution in [0.3, 0.4) is 0 Å². The first-order valence-corrected chi connectivity index (χ1v) is 5.77. The van der Waals surface area contributed by atoms with Crippen molar-refractivity contribution in [1.29, 1.82) is 0 Å². The molecule has 0 N–H and O–H groups in total. The molecule has 2 aromatic rings. The molecule has 0 bridgehead atoms. The monoisotopic (exact) mass is 290 g/mol. The first kappa shape index (κ1) is 13.2. The second-order valence-electron chi connectivity index (χ2n) is 3.80. The molecule has 0 nitrogen and oxygen atoms in total. The Balaban J connectivity index is 2.81. The summed E-state index contributed by atoms with van der Waals surface area (Å²) in [5, 5.41) is -0.312. The molecular weight excluding hydrogens is 284 g/mol. The van der Waals surface area contributed by atoms with Gasteiger partial charge in [-0.2, -0.15) is 0 Å². The maximum atomic E-state index is 14.0. The molecule has 2 rings (SSSR count). The van der Waals surface area contributed by atoms with Crippen molar-refractivity contribution < 1.29 is 13.2 Å². The normalized spacial score (nSPS) is 10.8. The van der Waals surface area contributed by atoms with E-state index < -0.39 is 17.5 Å². The summed E-state index contributed by atoms with van der Waals surface area (Å²) in [6.07, 6.45) is 0. The lowest BCUT2D eigenvalue weighted by Gasteiger charge is -2.11. The van der Waals surface area contributed by atoms with Crippen LogP contribution < -0.4 is 0 Å². The van der Waals surface area contributed by atoms with Gasteiger partial charge in [0.05, 0.1) is 10.0 Å². The molecular formula is C13H7Cl2F3. The Kier molecular flexibility index (Phi) is 3.55. The third kappa shape index (κ3) is 2.20. The van der Waals surface area contributed by atoms with E-state index in [1.165, 1.54) is 19.1 Å². The Morgan fingerprint density at radius 1 is 1.00 bits per heavy atom. The number of benzene rings is 2. The van der Waals surface area contributed by atoms with E-state index in [2.05, 4.69) is 0 Å². The van der Waals surface area contributed by atoms with Gasteiger partial charge in [0.25, 0.3) is 0 Å². The highest BCUT2D eigenvalue weighted by Gasteiger charge is 2.18. The maximum absolute atomic E-state index is 14.0. The van der Waals surface area contributed by atoms with Gasteiger partial charge in [0.15, 0.2) is 0 Å². The van der Waals surface area contributed by atoms with Gasteiger partial charge in [0.2, 0.25) is 0 Å². The zero-order chi connectivity index (χ0) is 13.4. The second-order valence-corrected chi connectivity index (χ2v) is 4.59. The summed E-state index contributed by atoms with van der Waals surface area (Å²) in [6.45, 7) is 1.53. The molecule has 0 spiro atoms. The molecule has 0 radical (unpaired) electrons. The maximum Gasteiger partial charge on any atom is 0.145 e. The minimum Gasteiger partial charge on any atom is -0.207 e.